The van der Waals surface area contributed by atoms with Crippen LogP contribution < -0.4 is 10.6 Å². The van der Waals surface area contributed by atoms with E-state index in [2.05, 4.69) is 25.8 Å². The first-order valence-electron chi connectivity index (χ1n) is 10.7. The van der Waals surface area contributed by atoms with Gasteiger partial charge in [0.25, 0.3) is 11.9 Å². The highest BCUT2D eigenvalue weighted by atomic mass is 16.5. The molecular weight excluding hydrogens is 442 g/mol. The van der Waals surface area contributed by atoms with Crippen molar-refractivity contribution in [2.45, 2.75) is 24.5 Å². The number of nitrogens with one attached hydrogen (secondary N) is 3. The number of carboxylic acid groups (broad SMARTS) is 1. The number of aliphatic carboxylic acids is 1. The number of H-pyrrole nitrogens is 1. The second kappa shape index (κ2) is 8.94. The molecule has 11 nitrogen and oxygen atoms in total. The normalized spacial score (nSPS) is 18.7. The van der Waals surface area contributed by atoms with Gasteiger partial charge in [0.15, 0.2) is 6.10 Å². The van der Waals surface area contributed by atoms with Gasteiger partial charge in [0, 0.05) is 12.5 Å². The fourth-order valence-corrected chi connectivity index (χ4v) is 4.36. The van der Waals surface area contributed by atoms with E-state index in [4.69, 9.17) is 14.6 Å². The van der Waals surface area contributed by atoms with Crippen LogP contribution in [0, 0.1) is 0 Å². The van der Waals surface area contributed by atoms with E-state index in [1.54, 1.807) is 0 Å². The van der Waals surface area contributed by atoms with Crippen molar-refractivity contribution in [2.75, 3.05) is 18.5 Å². The highest BCUT2D eigenvalue weighted by Crippen LogP contribution is 2.44. The van der Waals surface area contributed by atoms with Crippen LogP contribution in [0.5, 0.6) is 0 Å². The monoisotopic (exact) mass is 463 g/mol. The van der Waals surface area contributed by atoms with E-state index >= 15 is 0 Å². The molecule has 1 fully saturated rings. The molecule has 0 spiro atoms. The molecule has 1 aliphatic heterocycles. The molecule has 2 amide bonds. The molecule has 2 atom stereocenters. The largest absolute Gasteiger partial charge is 0.479 e. The molecule has 3 aromatic rings. The maximum absolute atomic E-state index is 12.4. The predicted octanol–water partition coefficient (Wildman–Crippen LogP) is 2.14. The van der Waals surface area contributed by atoms with Crippen molar-refractivity contribution in [3.8, 4) is 11.1 Å². The van der Waals surface area contributed by atoms with Crippen LogP contribution in [0.4, 0.5) is 10.7 Å². The summed E-state index contributed by atoms with van der Waals surface area (Å²) >= 11 is 0. The van der Waals surface area contributed by atoms with Crippen molar-refractivity contribution in [1.29, 1.82) is 0 Å². The Morgan fingerprint density at radius 3 is 2.44 bits per heavy atom. The van der Waals surface area contributed by atoms with E-state index < -0.39 is 30.1 Å². The molecule has 11 heteroatoms. The molecule has 2 heterocycles. The average molecular weight is 463 g/mol. The van der Waals surface area contributed by atoms with Gasteiger partial charge in [0.2, 0.25) is 5.82 Å². The van der Waals surface area contributed by atoms with Crippen molar-refractivity contribution < 1.29 is 29.0 Å². The van der Waals surface area contributed by atoms with Gasteiger partial charge in [-0.25, -0.2) is 9.59 Å². The predicted molar refractivity (Wildman–Crippen MR) is 118 cm³/mol. The molecule has 0 radical (unpaired) electrons. The summed E-state index contributed by atoms with van der Waals surface area (Å²) in [5.74, 6) is -2.22. The van der Waals surface area contributed by atoms with Crippen molar-refractivity contribution in [2.24, 2.45) is 0 Å². The number of hydrogen-bond acceptors (Lipinski definition) is 7. The summed E-state index contributed by atoms with van der Waals surface area (Å²) in [5.41, 5.74) is 4.41. The minimum Gasteiger partial charge on any atom is -0.479 e. The van der Waals surface area contributed by atoms with Crippen molar-refractivity contribution in [1.82, 2.24) is 20.5 Å². The van der Waals surface area contributed by atoms with Gasteiger partial charge in [-0.1, -0.05) is 48.5 Å². The molecule has 0 bridgehead atoms. The quantitative estimate of drug-likeness (QED) is 0.433. The Kier molecular flexibility index (Phi) is 5.68. The van der Waals surface area contributed by atoms with Gasteiger partial charge >= 0.3 is 12.1 Å². The number of carboxylic acids is 1. The summed E-state index contributed by atoms with van der Waals surface area (Å²) in [5, 5.41) is 20.3. The Balaban J connectivity index is 1.19. The number of nitrogens with zero attached hydrogens (tertiary/aromatic N) is 2. The van der Waals surface area contributed by atoms with Gasteiger partial charge in [-0.05, 0) is 28.7 Å². The van der Waals surface area contributed by atoms with Crippen LogP contribution >= 0.6 is 0 Å². The number of hydrogen-bond donors (Lipinski definition) is 4. The molecule has 0 saturated carbocycles. The molecule has 4 N–H and O–H groups in total. The summed E-state index contributed by atoms with van der Waals surface area (Å²) in [6.45, 7) is 0.350. The Morgan fingerprint density at radius 2 is 1.76 bits per heavy atom. The van der Waals surface area contributed by atoms with Crippen LogP contribution in [0.25, 0.3) is 11.1 Å². The van der Waals surface area contributed by atoms with Crippen LogP contribution in [0.1, 0.15) is 34.1 Å². The molecule has 1 saturated heterocycles. The van der Waals surface area contributed by atoms with E-state index in [0.29, 0.717) is 6.42 Å². The lowest BCUT2D eigenvalue weighted by Crippen LogP contribution is -2.44. The van der Waals surface area contributed by atoms with E-state index in [0.717, 1.165) is 22.3 Å². The van der Waals surface area contributed by atoms with E-state index in [-0.39, 0.29) is 30.9 Å². The van der Waals surface area contributed by atoms with E-state index in [1.165, 1.54) is 0 Å². The number of amides is 2. The lowest BCUT2D eigenvalue weighted by Gasteiger charge is -2.15. The molecule has 1 aliphatic carbocycles. The third-order valence-corrected chi connectivity index (χ3v) is 5.91. The zero-order chi connectivity index (χ0) is 23.7. The Morgan fingerprint density at radius 1 is 1.09 bits per heavy atom. The molecular formula is C23H21N5O6. The third-order valence-electron chi connectivity index (χ3n) is 5.91. The second-order valence-corrected chi connectivity index (χ2v) is 7.96. The molecule has 1 aromatic heterocycles. The Hall–Kier alpha value is -4.25. The summed E-state index contributed by atoms with van der Waals surface area (Å²) in [6.07, 6.45) is -1.52. The smallest absolute Gasteiger partial charge is 0.414 e. The first-order valence-corrected chi connectivity index (χ1v) is 10.7. The number of ether oxygens (including phenoxy) is 2. The summed E-state index contributed by atoms with van der Waals surface area (Å²) in [4.78, 5) is 39.8. The molecule has 2 unspecified atom stereocenters. The lowest BCUT2D eigenvalue weighted by molar-refractivity contribution is -0.148. The molecule has 174 valence electrons. The Labute approximate surface area is 193 Å². The summed E-state index contributed by atoms with van der Waals surface area (Å²) < 4.78 is 10.5. The van der Waals surface area contributed by atoms with E-state index in [1.807, 2.05) is 48.5 Å². The third kappa shape index (κ3) is 4.08. The minimum absolute atomic E-state index is 0.0950. The van der Waals surface area contributed by atoms with Crippen molar-refractivity contribution >= 4 is 23.9 Å². The average Bonchev–Trinajstić information content (AvgIpc) is 3.56. The lowest BCUT2D eigenvalue weighted by atomic mass is 9.98. The van der Waals surface area contributed by atoms with Crippen LogP contribution in [0.15, 0.2) is 48.5 Å². The number of fused-ring (bicyclic) bond motifs is 3. The first-order chi connectivity index (χ1) is 16.5. The highest BCUT2D eigenvalue weighted by Gasteiger charge is 2.36. The second-order valence-electron chi connectivity index (χ2n) is 7.96. The molecule has 34 heavy (non-hydrogen) atoms. The number of carbonyl (C=O) groups excluding carboxylic acids is 2. The number of anilines is 1. The van der Waals surface area contributed by atoms with Gasteiger partial charge in [0.05, 0.1) is 6.04 Å². The van der Waals surface area contributed by atoms with Gasteiger partial charge in [-0.3, -0.25) is 15.2 Å². The SMILES string of the molecule is O=C(Nc1n[nH]c(C(=O)NC2CCOC2C(=O)O)n1)OCC1c2ccccc2-c2ccccc21. The molecule has 2 aliphatic rings. The fourth-order valence-electron chi connectivity index (χ4n) is 4.36. The molecule has 5 rings (SSSR count). The number of benzene rings is 2. The van der Waals surface area contributed by atoms with Gasteiger partial charge in [-0.15, -0.1) is 5.10 Å². The Bertz CT molecular complexity index is 1210. The highest BCUT2D eigenvalue weighted by molar-refractivity contribution is 5.92. The van der Waals surface area contributed by atoms with Crippen molar-refractivity contribution in [3.63, 3.8) is 0 Å². The first kappa shape index (κ1) is 21.6. The zero-order valence-corrected chi connectivity index (χ0v) is 17.9. The maximum atomic E-state index is 12.4. The van der Waals surface area contributed by atoms with Gasteiger partial charge in [0.1, 0.15) is 6.61 Å². The number of carbonyl (C=O) groups is 3. The zero-order valence-electron chi connectivity index (χ0n) is 17.9. The number of rotatable bonds is 6. The fraction of sp³-hybridized carbons (Fsp3) is 0.261. The van der Waals surface area contributed by atoms with Gasteiger partial charge in [-0.2, -0.15) is 4.98 Å². The maximum Gasteiger partial charge on any atom is 0.414 e. The molecule has 2 aromatic carbocycles. The standard InChI is InChI=1S/C23H21N5O6/c29-20(24-17-9-10-33-18(17)21(30)31)19-25-22(28-27-19)26-23(32)34-11-16-14-7-3-1-5-12(14)13-6-2-4-8-15(13)16/h1-8,16-18H,9-11H2,(H,24,29)(H,30,31)(H2,25,26,27,28,32). The van der Waals surface area contributed by atoms with Gasteiger partial charge < -0.3 is 19.9 Å². The van der Waals surface area contributed by atoms with Crippen molar-refractivity contribution in [3.05, 3.63) is 65.5 Å². The van der Waals surface area contributed by atoms with Crippen LogP contribution in [-0.2, 0) is 14.3 Å². The van der Waals surface area contributed by atoms with Crippen LogP contribution in [-0.4, -0.2) is 63.6 Å². The van der Waals surface area contributed by atoms with Crippen LogP contribution in [0.3, 0.4) is 0 Å². The summed E-state index contributed by atoms with van der Waals surface area (Å²) in [6, 6.07) is 15.3. The topological polar surface area (TPSA) is 156 Å². The number of aromatic nitrogens is 3. The summed E-state index contributed by atoms with van der Waals surface area (Å²) in [7, 11) is 0. The number of aromatic amines is 1. The van der Waals surface area contributed by atoms with Crippen LogP contribution in [0.2, 0.25) is 0 Å². The van der Waals surface area contributed by atoms with E-state index in [9.17, 15) is 14.4 Å². The minimum atomic E-state index is -1.15.